The molecule has 2 aromatic carbocycles. The molecule has 10 heteroatoms. The number of hydrogen-bond acceptors (Lipinski definition) is 4. The fourth-order valence-corrected chi connectivity index (χ4v) is 6.14. The number of carbonyl (C=O) groups excluding carboxylic acids is 1. The first-order chi connectivity index (χ1) is 17.8. The summed E-state index contributed by atoms with van der Waals surface area (Å²) < 4.78 is 64.0. The second-order valence-electron chi connectivity index (χ2n) is 11.2. The summed E-state index contributed by atoms with van der Waals surface area (Å²) in [5.41, 5.74) is -0.498. The second kappa shape index (κ2) is 10.3. The number of fused-ring (bicyclic) bond motifs is 1. The van der Waals surface area contributed by atoms with E-state index in [1.54, 1.807) is 14.2 Å². The highest BCUT2D eigenvalue weighted by molar-refractivity contribution is 5.89. The summed E-state index contributed by atoms with van der Waals surface area (Å²) in [6.07, 6.45) is -1.61. The third-order valence-electron chi connectivity index (χ3n) is 7.90. The number of benzene rings is 2. The summed E-state index contributed by atoms with van der Waals surface area (Å²) in [4.78, 5) is 15.2. The van der Waals surface area contributed by atoms with Crippen molar-refractivity contribution in [2.24, 2.45) is 0 Å². The molecule has 0 radical (unpaired) electrons. The number of likely N-dealkylation sites (tertiary alicyclic amines) is 1. The minimum atomic E-state index is -4.72. The minimum Gasteiger partial charge on any atom is -0.493 e. The summed E-state index contributed by atoms with van der Waals surface area (Å²) >= 11 is 0. The first-order valence-corrected chi connectivity index (χ1v) is 12.7. The molecule has 2 fully saturated rings. The number of amides is 2. The number of methoxy groups -OCH3 is 2. The summed E-state index contributed by atoms with van der Waals surface area (Å²) in [6, 6.07) is 7.31. The van der Waals surface area contributed by atoms with Gasteiger partial charge in [-0.25, -0.2) is 9.18 Å². The molecule has 4 rings (SSSR count). The number of halogens is 4. The number of hydrogen-bond donors (Lipinski definition) is 2. The first kappa shape index (κ1) is 28.0. The molecule has 6 nitrogen and oxygen atoms in total. The van der Waals surface area contributed by atoms with Crippen molar-refractivity contribution < 1.29 is 31.8 Å². The molecule has 38 heavy (non-hydrogen) atoms. The monoisotopic (exact) mass is 537 g/mol. The molecule has 1 aliphatic carbocycles. The van der Waals surface area contributed by atoms with Gasteiger partial charge < -0.3 is 20.1 Å². The van der Waals surface area contributed by atoms with Gasteiger partial charge in [-0.3, -0.25) is 4.90 Å². The van der Waals surface area contributed by atoms with E-state index in [4.69, 9.17) is 9.47 Å². The SMILES string of the molecule is COc1ccc(C23CCC(NC(=O)Nc4cc(F)cc(C(F)(F)F)c4)CC2N(C(C)(C)C)CC3)cc1OC. The molecule has 3 atom stereocenters. The molecule has 1 saturated carbocycles. The van der Waals surface area contributed by atoms with Crippen LogP contribution >= 0.6 is 0 Å². The maximum Gasteiger partial charge on any atom is 0.416 e. The largest absolute Gasteiger partial charge is 0.493 e. The Morgan fingerprint density at radius 1 is 1.03 bits per heavy atom. The van der Waals surface area contributed by atoms with Crippen molar-refractivity contribution >= 4 is 11.7 Å². The van der Waals surface area contributed by atoms with E-state index in [-0.39, 0.29) is 28.7 Å². The van der Waals surface area contributed by atoms with Crippen LogP contribution in [0.1, 0.15) is 57.6 Å². The lowest BCUT2D eigenvalue weighted by Gasteiger charge is -2.48. The number of urea groups is 1. The van der Waals surface area contributed by atoms with Crippen molar-refractivity contribution in [2.45, 2.75) is 75.7 Å². The first-order valence-electron chi connectivity index (χ1n) is 12.7. The average molecular weight is 538 g/mol. The van der Waals surface area contributed by atoms with Crippen molar-refractivity contribution in [1.29, 1.82) is 0 Å². The van der Waals surface area contributed by atoms with Crippen LogP contribution in [0.15, 0.2) is 36.4 Å². The number of nitrogens with one attached hydrogen (secondary N) is 2. The van der Waals surface area contributed by atoms with Crippen LogP contribution in [0, 0.1) is 5.82 Å². The molecule has 208 valence electrons. The smallest absolute Gasteiger partial charge is 0.416 e. The standard InChI is InChI=1S/C28H35F4N3O3/c1-26(2,3)35-11-10-27(17-6-7-22(37-4)23(14-17)38-5)9-8-20(16-24(27)35)33-25(36)34-21-13-18(28(30,31)32)12-19(29)15-21/h6-7,12-15,20,24H,8-11,16H2,1-5H3,(H2,33,34,36). The lowest BCUT2D eigenvalue weighted by molar-refractivity contribution is -0.137. The molecule has 0 spiro atoms. The number of ether oxygens (including phenoxy) is 2. The van der Waals surface area contributed by atoms with E-state index in [2.05, 4.69) is 42.4 Å². The molecule has 0 bridgehead atoms. The van der Waals surface area contributed by atoms with Gasteiger partial charge >= 0.3 is 12.2 Å². The third kappa shape index (κ3) is 5.55. The molecule has 1 saturated heterocycles. The lowest BCUT2D eigenvalue weighted by atomic mass is 9.64. The zero-order valence-electron chi connectivity index (χ0n) is 22.3. The molecule has 2 N–H and O–H groups in total. The third-order valence-corrected chi connectivity index (χ3v) is 7.90. The van der Waals surface area contributed by atoms with Gasteiger partial charge in [0.1, 0.15) is 5.82 Å². The summed E-state index contributed by atoms with van der Waals surface area (Å²) in [7, 11) is 3.22. The average Bonchev–Trinajstić information content (AvgIpc) is 3.23. The summed E-state index contributed by atoms with van der Waals surface area (Å²) in [6.45, 7) is 7.40. The molecule has 2 amide bonds. The number of rotatable bonds is 5. The molecule has 1 heterocycles. The van der Waals surface area contributed by atoms with E-state index in [0.717, 1.165) is 37.1 Å². The van der Waals surface area contributed by atoms with Crippen LogP contribution in [0.25, 0.3) is 0 Å². The van der Waals surface area contributed by atoms with Crippen LogP contribution in [-0.2, 0) is 11.6 Å². The van der Waals surface area contributed by atoms with Crippen molar-refractivity contribution in [3.63, 3.8) is 0 Å². The van der Waals surface area contributed by atoms with Crippen LogP contribution < -0.4 is 20.1 Å². The minimum absolute atomic E-state index is 0.108. The number of anilines is 1. The van der Waals surface area contributed by atoms with Gasteiger partial charge in [-0.2, -0.15) is 13.2 Å². The fraction of sp³-hybridized carbons (Fsp3) is 0.536. The van der Waals surface area contributed by atoms with Gasteiger partial charge in [-0.05, 0) is 88.9 Å². The second-order valence-corrected chi connectivity index (χ2v) is 11.2. The van der Waals surface area contributed by atoms with Crippen LogP contribution in [-0.4, -0.2) is 49.3 Å². The van der Waals surface area contributed by atoms with Crippen molar-refractivity contribution in [3.8, 4) is 11.5 Å². The lowest BCUT2D eigenvalue weighted by Crippen LogP contribution is -2.56. The van der Waals surface area contributed by atoms with Gasteiger partial charge in [0.25, 0.3) is 0 Å². The van der Waals surface area contributed by atoms with Gasteiger partial charge in [0.2, 0.25) is 0 Å². The predicted molar refractivity (Wildman–Crippen MR) is 137 cm³/mol. The highest BCUT2D eigenvalue weighted by atomic mass is 19.4. The maximum absolute atomic E-state index is 13.8. The predicted octanol–water partition coefficient (Wildman–Crippen LogP) is 6.35. The summed E-state index contributed by atoms with van der Waals surface area (Å²) in [5.74, 6) is 0.257. The molecule has 2 aromatic rings. The summed E-state index contributed by atoms with van der Waals surface area (Å²) in [5, 5.41) is 5.29. The van der Waals surface area contributed by atoms with E-state index >= 15 is 0 Å². The molecule has 2 aliphatic rings. The fourth-order valence-electron chi connectivity index (χ4n) is 6.14. The van der Waals surface area contributed by atoms with Crippen molar-refractivity contribution in [2.75, 3.05) is 26.1 Å². The van der Waals surface area contributed by atoms with Crippen LogP contribution in [0.5, 0.6) is 11.5 Å². The van der Waals surface area contributed by atoms with E-state index in [9.17, 15) is 22.4 Å². The Labute approximate surface area is 220 Å². The van der Waals surface area contributed by atoms with Crippen molar-refractivity contribution in [3.05, 3.63) is 53.3 Å². The molecular formula is C28H35F4N3O3. The van der Waals surface area contributed by atoms with Gasteiger partial charge in [0, 0.05) is 28.7 Å². The van der Waals surface area contributed by atoms with Gasteiger partial charge in [-0.15, -0.1) is 0 Å². The topological polar surface area (TPSA) is 62.8 Å². The van der Waals surface area contributed by atoms with E-state index < -0.39 is 23.6 Å². The van der Waals surface area contributed by atoms with Gasteiger partial charge in [-0.1, -0.05) is 6.07 Å². The van der Waals surface area contributed by atoms with Crippen LogP contribution in [0.3, 0.4) is 0 Å². The Bertz CT molecular complexity index is 1180. The Kier molecular flexibility index (Phi) is 7.58. The zero-order chi connectivity index (χ0) is 27.9. The highest BCUT2D eigenvalue weighted by Crippen LogP contribution is 2.52. The van der Waals surface area contributed by atoms with E-state index in [0.29, 0.717) is 30.4 Å². The number of alkyl halides is 3. The Morgan fingerprint density at radius 2 is 1.74 bits per heavy atom. The number of nitrogens with zero attached hydrogens (tertiary/aromatic N) is 1. The number of carbonyl (C=O) groups is 1. The van der Waals surface area contributed by atoms with E-state index in [1.807, 2.05) is 12.1 Å². The highest BCUT2D eigenvalue weighted by Gasteiger charge is 2.54. The molecule has 0 aromatic heterocycles. The Balaban J connectivity index is 1.55. The zero-order valence-corrected chi connectivity index (χ0v) is 22.3. The quantitative estimate of drug-likeness (QED) is 0.437. The molecule has 1 aliphatic heterocycles. The molecule has 3 unspecified atom stereocenters. The Hall–Kier alpha value is -3.01. The van der Waals surface area contributed by atoms with Gasteiger partial charge in [0.05, 0.1) is 19.8 Å². The van der Waals surface area contributed by atoms with Crippen molar-refractivity contribution in [1.82, 2.24) is 10.2 Å². The maximum atomic E-state index is 13.8. The van der Waals surface area contributed by atoms with Gasteiger partial charge in [0.15, 0.2) is 11.5 Å². The normalized spacial score (nSPS) is 24.0. The molecular weight excluding hydrogens is 502 g/mol. The Morgan fingerprint density at radius 3 is 2.37 bits per heavy atom. The van der Waals surface area contributed by atoms with Crippen LogP contribution in [0.4, 0.5) is 28.0 Å². The van der Waals surface area contributed by atoms with Crippen LogP contribution in [0.2, 0.25) is 0 Å². The van der Waals surface area contributed by atoms with E-state index in [1.165, 1.54) is 0 Å².